The average Bonchev–Trinajstić information content (AvgIpc) is 3.74. The highest BCUT2D eigenvalue weighted by molar-refractivity contribution is 6.09. The molecular formula is C40H70N8O9. The van der Waals surface area contributed by atoms with Crippen LogP contribution in [0.5, 0.6) is 0 Å². The van der Waals surface area contributed by atoms with Gasteiger partial charge in [-0.25, -0.2) is 9.97 Å². The Kier molecular flexibility index (Phi) is 39.0. The summed E-state index contributed by atoms with van der Waals surface area (Å²) in [6, 6.07) is 8.59. The van der Waals surface area contributed by atoms with Gasteiger partial charge in [0.2, 0.25) is 6.79 Å². The van der Waals surface area contributed by atoms with Gasteiger partial charge >= 0.3 is 0 Å². The van der Waals surface area contributed by atoms with E-state index in [1.165, 1.54) is 39.1 Å². The SMILES string of the molecule is C.C1OOO1.CC(=O)O.CC(C)(C)N.CC(C)(C)n1ccnc1.Cc1cc(C)c(-n2ccnc2)c(C)c1.Cc1cc(C)c(N)c(C)c1.N.N.O=CC=O.O=CC=O. The number of nitrogens with two attached hydrogens (primary N) is 2. The van der Waals surface area contributed by atoms with Crippen LogP contribution in [0.1, 0.15) is 89.3 Å². The number of aliphatic carboxylic acids is 1. The van der Waals surface area contributed by atoms with Crippen LogP contribution in [0.2, 0.25) is 0 Å². The summed E-state index contributed by atoms with van der Waals surface area (Å²) in [5.74, 6) is -0.833. The molecule has 0 atom stereocenters. The lowest BCUT2D eigenvalue weighted by molar-refractivity contribution is -0.652. The number of hydrogen-bond acceptors (Lipinski definition) is 14. The number of nitrogens with zero attached hydrogens (tertiary/aromatic N) is 4. The molecule has 5 rings (SSSR count). The largest absolute Gasteiger partial charge is 0.481 e. The molecule has 4 aromatic rings. The molecule has 0 saturated carbocycles. The van der Waals surface area contributed by atoms with E-state index in [1.807, 2.05) is 59.7 Å². The van der Waals surface area contributed by atoms with Crippen molar-refractivity contribution in [3.8, 4) is 5.69 Å². The predicted molar refractivity (Wildman–Crippen MR) is 226 cm³/mol. The summed E-state index contributed by atoms with van der Waals surface area (Å²) >= 11 is 0. The summed E-state index contributed by atoms with van der Waals surface area (Å²) in [6.07, 6.45) is 12.0. The van der Waals surface area contributed by atoms with Gasteiger partial charge in [-0.2, -0.15) is 9.78 Å². The number of carbonyl (C=O) groups excluding carboxylic acids is 4. The first-order valence-electron chi connectivity index (χ1n) is 16.5. The first-order valence-corrected chi connectivity index (χ1v) is 16.5. The van der Waals surface area contributed by atoms with Crippen molar-refractivity contribution in [1.82, 2.24) is 31.4 Å². The summed E-state index contributed by atoms with van der Waals surface area (Å²) < 4.78 is 4.14. The number of carbonyl (C=O) groups is 5. The second-order valence-corrected chi connectivity index (χ2v) is 13.5. The lowest BCUT2D eigenvalue weighted by Gasteiger charge is -2.19. The summed E-state index contributed by atoms with van der Waals surface area (Å²) in [5.41, 5.74) is 21.0. The molecule has 3 heterocycles. The van der Waals surface area contributed by atoms with E-state index < -0.39 is 5.97 Å². The Morgan fingerprint density at radius 2 is 1.02 bits per heavy atom. The minimum absolute atomic E-state index is 0. The van der Waals surface area contributed by atoms with Gasteiger partial charge in [0.05, 0.1) is 18.3 Å². The zero-order valence-electron chi connectivity index (χ0n) is 35.4. The highest BCUT2D eigenvalue weighted by atomic mass is 17.6. The predicted octanol–water partition coefficient (Wildman–Crippen LogP) is 7.03. The smallest absolute Gasteiger partial charge is 0.300 e. The lowest BCUT2D eigenvalue weighted by Crippen LogP contribution is -2.26. The Balaban J connectivity index is -0.000000137. The zero-order chi connectivity index (χ0) is 42.5. The fourth-order valence-corrected chi connectivity index (χ4v) is 3.87. The highest BCUT2D eigenvalue weighted by Crippen LogP contribution is 2.20. The van der Waals surface area contributed by atoms with E-state index in [0.29, 0.717) is 0 Å². The quantitative estimate of drug-likeness (QED) is 0.0601. The third-order valence-electron chi connectivity index (χ3n) is 5.72. The van der Waals surface area contributed by atoms with E-state index in [0.717, 1.165) is 12.6 Å². The molecule has 1 aliphatic heterocycles. The second-order valence-electron chi connectivity index (χ2n) is 13.5. The minimum Gasteiger partial charge on any atom is -0.481 e. The van der Waals surface area contributed by atoms with Crippen LogP contribution >= 0.6 is 0 Å². The van der Waals surface area contributed by atoms with Gasteiger partial charge in [-0.05, 0) is 105 Å². The number of carboxylic acid groups (broad SMARTS) is 1. The Hall–Kier alpha value is -5.43. The molecule has 0 bridgehead atoms. The zero-order valence-corrected chi connectivity index (χ0v) is 35.4. The van der Waals surface area contributed by atoms with Gasteiger partial charge in [0.1, 0.15) is 0 Å². The van der Waals surface area contributed by atoms with Crippen LogP contribution < -0.4 is 23.8 Å². The molecule has 0 radical (unpaired) electrons. The van der Waals surface area contributed by atoms with Gasteiger partial charge in [0.15, 0.2) is 25.1 Å². The van der Waals surface area contributed by atoms with Crippen molar-refractivity contribution in [2.75, 3.05) is 12.5 Å². The van der Waals surface area contributed by atoms with E-state index in [1.54, 1.807) is 12.4 Å². The van der Waals surface area contributed by atoms with Crippen molar-refractivity contribution in [3.63, 3.8) is 0 Å². The van der Waals surface area contributed by atoms with Crippen molar-refractivity contribution >= 4 is 36.8 Å². The molecule has 0 aliphatic carbocycles. The maximum absolute atomic E-state index is 9.00. The van der Waals surface area contributed by atoms with Gasteiger partial charge in [0, 0.05) is 48.5 Å². The molecule has 0 spiro atoms. The van der Waals surface area contributed by atoms with Crippen LogP contribution in [0.15, 0.2) is 61.7 Å². The van der Waals surface area contributed by atoms with Crippen LogP contribution in [0.4, 0.5) is 5.69 Å². The summed E-state index contributed by atoms with van der Waals surface area (Å²) in [4.78, 5) is 60.2. The van der Waals surface area contributed by atoms with Gasteiger partial charge in [0.25, 0.3) is 5.97 Å². The maximum atomic E-state index is 9.00. The molecule has 0 amide bonds. The summed E-state index contributed by atoms with van der Waals surface area (Å²) in [6.45, 7) is 26.2. The maximum Gasteiger partial charge on any atom is 0.300 e. The van der Waals surface area contributed by atoms with Gasteiger partial charge in [-0.1, -0.05) is 47.9 Å². The van der Waals surface area contributed by atoms with Gasteiger partial charge in [-0.15, -0.1) is 0 Å². The number of imidazole rings is 2. The van der Waals surface area contributed by atoms with Crippen molar-refractivity contribution < 1.29 is 43.9 Å². The number of nitrogen functional groups attached to an aromatic ring is 1. The Labute approximate surface area is 339 Å². The fourth-order valence-electron chi connectivity index (χ4n) is 3.87. The van der Waals surface area contributed by atoms with Crippen LogP contribution in [0.25, 0.3) is 5.69 Å². The number of hydrogen-bond donors (Lipinski definition) is 5. The minimum atomic E-state index is -0.833. The van der Waals surface area contributed by atoms with E-state index in [4.69, 9.17) is 40.5 Å². The summed E-state index contributed by atoms with van der Waals surface area (Å²) in [5, 5.41) is 11.1. The normalized spacial score (nSPS) is 10.1. The molecule has 1 fully saturated rings. The third kappa shape index (κ3) is 37.3. The number of aryl methyl sites for hydroxylation is 6. The van der Waals surface area contributed by atoms with Crippen molar-refractivity contribution in [1.29, 1.82) is 0 Å². The van der Waals surface area contributed by atoms with Crippen molar-refractivity contribution in [2.24, 2.45) is 5.73 Å². The second kappa shape index (κ2) is 35.0. The van der Waals surface area contributed by atoms with Gasteiger partial charge < -0.3 is 38.0 Å². The van der Waals surface area contributed by atoms with E-state index >= 15 is 0 Å². The molecule has 57 heavy (non-hydrogen) atoms. The number of benzene rings is 2. The van der Waals surface area contributed by atoms with Crippen LogP contribution in [0, 0.1) is 41.5 Å². The van der Waals surface area contributed by atoms with Crippen molar-refractivity contribution in [2.45, 2.75) is 109 Å². The number of anilines is 1. The average molecular weight is 807 g/mol. The molecule has 17 heteroatoms. The molecule has 1 aliphatic rings. The molecule has 0 unspecified atom stereocenters. The molecule has 1 saturated heterocycles. The highest BCUT2D eigenvalue weighted by Gasteiger charge is 2.10. The topological polar surface area (TPSA) is 291 Å². The Morgan fingerprint density at radius 1 is 0.719 bits per heavy atom. The van der Waals surface area contributed by atoms with Crippen LogP contribution in [-0.2, 0) is 44.3 Å². The standard InChI is InChI=1S/C12H14N2.C9H13N.C7H12N2.C4H11N.C2H4O2.2C2H2O2.CH2O3.CH4.2H3N/c1-9-6-10(2)12(11(3)7-9)14-5-4-13-8-14;1-6-4-7(2)9(10)8(3)5-6;1-7(2,3)9-5-4-8-6-9;1-4(2,3)5;1-2(3)4;2*3-1-2-4;1-2-4-3-1;;;/h4-8H,1-3H3;4-5H,10H2,1-3H3;4-6H,1-3H3;5H2,1-3H3;1H3,(H,3,4);2*1-2H;1H2;1H4;2*1H3. The molecule has 2 aromatic heterocycles. The first-order chi connectivity index (χ1) is 25.0. The van der Waals surface area contributed by atoms with Gasteiger partial charge in [-0.3, -0.25) is 24.0 Å². The number of aldehydes is 4. The number of aromatic nitrogens is 4. The lowest BCUT2D eigenvalue weighted by atomic mass is 10.1. The monoisotopic (exact) mass is 807 g/mol. The third-order valence-corrected chi connectivity index (χ3v) is 5.72. The Morgan fingerprint density at radius 3 is 1.23 bits per heavy atom. The van der Waals surface area contributed by atoms with Crippen molar-refractivity contribution in [3.05, 3.63) is 95.1 Å². The molecule has 11 N–H and O–H groups in total. The van der Waals surface area contributed by atoms with Crippen LogP contribution in [0.3, 0.4) is 0 Å². The molecular weight excluding hydrogens is 736 g/mol. The first kappa shape index (κ1) is 63.5. The van der Waals surface area contributed by atoms with E-state index in [9.17, 15) is 0 Å². The number of rotatable bonds is 3. The molecule has 17 nitrogen and oxygen atoms in total. The van der Waals surface area contributed by atoms with Crippen LogP contribution in [-0.4, -0.2) is 67.7 Å². The summed E-state index contributed by atoms with van der Waals surface area (Å²) in [7, 11) is 0. The molecule has 324 valence electrons. The Bertz CT molecular complexity index is 1540. The fraction of sp³-hybridized carbons (Fsp3) is 0.425. The van der Waals surface area contributed by atoms with E-state index in [2.05, 4.69) is 107 Å². The number of carboxylic acids is 1. The van der Waals surface area contributed by atoms with E-state index in [-0.39, 0.29) is 62.7 Å². The molecule has 2 aromatic carbocycles.